The molecule has 7 aromatic rings. The van der Waals surface area contributed by atoms with Crippen LogP contribution in [0.15, 0.2) is 135 Å². The van der Waals surface area contributed by atoms with Crippen molar-refractivity contribution < 1.29 is 19.1 Å². The topological polar surface area (TPSA) is 83.3 Å². The molecule has 0 radical (unpaired) electrons. The molecule has 4 aromatic carbocycles. The third-order valence-electron chi connectivity index (χ3n) is 7.96. The molecule has 0 fully saturated rings. The third-order valence-corrected chi connectivity index (χ3v) is 9.58. The molecule has 0 saturated heterocycles. The highest BCUT2D eigenvalue weighted by Crippen LogP contribution is 2.37. The monoisotopic (exact) mass is 839 g/mol. The van der Waals surface area contributed by atoms with E-state index in [1.54, 1.807) is 36.7 Å². The van der Waals surface area contributed by atoms with E-state index in [2.05, 4.69) is 117 Å². The van der Waals surface area contributed by atoms with Crippen molar-refractivity contribution in [2.75, 3.05) is 14.2 Å². The summed E-state index contributed by atoms with van der Waals surface area (Å²) in [6, 6.07) is 36.1. The SMILES string of the molecule is Brc1ccc2c(c1)Cc1ccccc1-2.COC(=O)c1cccnc1-n1c2ccccc2c2ccc(Br)cc21.COC(=O)c1cccnc1Br. The molecule has 0 amide bonds. The van der Waals surface area contributed by atoms with Crippen LogP contribution < -0.4 is 0 Å². The normalized spacial score (nSPS) is 11.0. The van der Waals surface area contributed by atoms with Gasteiger partial charge >= 0.3 is 11.9 Å². The second-order valence-electron chi connectivity index (χ2n) is 10.8. The van der Waals surface area contributed by atoms with Crippen molar-refractivity contribution in [3.63, 3.8) is 0 Å². The Kier molecular flexibility index (Phi) is 10.7. The number of esters is 2. The average Bonchev–Trinajstić information content (AvgIpc) is 3.66. The summed E-state index contributed by atoms with van der Waals surface area (Å²) in [6.45, 7) is 0. The molecule has 0 aliphatic heterocycles. The number of carbonyl (C=O) groups excluding carboxylic acids is 2. The van der Waals surface area contributed by atoms with Crippen molar-refractivity contribution >= 4 is 81.5 Å². The summed E-state index contributed by atoms with van der Waals surface area (Å²) in [5.74, 6) is -0.224. The maximum atomic E-state index is 12.2. The zero-order valence-corrected chi connectivity index (χ0v) is 31.1. The van der Waals surface area contributed by atoms with Gasteiger partial charge in [0, 0.05) is 32.1 Å². The molecular weight excluding hydrogens is 814 g/mol. The van der Waals surface area contributed by atoms with Crippen LogP contribution in [-0.4, -0.2) is 40.7 Å². The van der Waals surface area contributed by atoms with Gasteiger partial charge < -0.3 is 9.47 Å². The first-order valence-corrected chi connectivity index (χ1v) is 17.5. The fourth-order valence-corrected chi connectivity index (χ4v) is 6.95. The Morgan fingerprint density at radius 2 is 1.22 bits per heavy atom. The lowest BCUT2D eigenvalue weighted by molar-refractivity contribution is 0.0590. The van der Waals surface area contributed by atoms with Gasteiger partial charge in [0.1, 0.15) is 10.2 Å². The molecule has 0 bridgehead atoms. The van der Waals surface area contributed by atoms with Crippen LogP contribution in [0.5, 0.6) is 0 Å². The molecule has 0 unspecified atom stereocenters. The smallest absolute Gasteiger partial charge is 0.341 e. The Balaban J connectivity index is 0.000000141. The van der Waals surface area contributed by atoms with Crippen molar-refractivity contribution in [2.45, 2.75) is 6.42 Å². The standard InChI is InChI=1S/C19H13BrN2O2.C13H9Br.C7H6BrNO2/c1-24-19(23)15-6-4-10-21-18(15)22-16-7-3-2-5-13(16)14-9-8-12(20)11-17(14)22;14-11-5-6-13-10(8-11)7-9-3-1-2-4-12(9)13;1-11-7(10)5-3-2-4-9-6(5)8/h2-11H,1H3;1-6,8H,7H2;2-4H,1H3. The first-order valence-electron chi connectivity index (χ1n) is 15.1. The van der Waals surface area contributed by atoms with Gasteiger partial charge in [0.15, 0.2) is 5.82 Å². The maximum absolute atomic E-state index is 12.2. The Labute approximate surface area is 308 Å². The summed E-state index contributed by atoms with van der Waals surface area (Å²) in [7, 11) is 2.71. The maximum Gasteiger partial charge on any atom is 0.341 e. The summed E-state index contributed by atoms with van der Waals surface area (Å²) in [6.07, 6.45) is 4.35. The van der Waals surface area contributed by atoms with Gasteiger partial charge in [-0.15, -0.1) is 0 Å². The lowest BCUT2D eigenvalue weighted by Gasteiger charge is -2.10. The van der Waals surface area contributed by atoms with E-state index in [0.29, 0.717) is 21.5 Å². The molecule has 10 heteroatoms. The number of hydrogen-bond donors (Lipinski definition) is 0. The minimum absolute atomic E-state index is 0.384. The number of rotatable bonds is 3. The van der Waals surface area contributed by atoms with Gasteiger partial charge in [0.05, 0.1) is 30.8 Å². The summed E-state index contributed by atoms with van der Waals surface area (Å²) in [5.41, 5.74) is 8.52. The van der Waals surface area contributed by atoms with Gasteiger partial charge in [-0.2, -0.15) is 0 Å². The van der Waals surface area contributed by atoms with Gasteiger partial charge in [-0.25, -0.2) is 19.6 Å². The van der Waals surface area contributed by atoms with E-state index >= 15 is 0 Å². The Morgan fingerprint density at radius 1 is 0.612 bits per heavy atom. The number of pyridine rings is 2. The van der Waals surface area contributed by atoms with E-state index in [-0.39, 0.29) is 5.97 Å². The molecule has 0 spiro atoms. The van der Waals surface area contributed by atoms with Gasteiger partial charge in [-0.1, -0.05) is 86.5 Å². The quantitative estimate of drug-likeness (QED) is 0.130. The number of halogens is 3. The number of nitrogens with zero attached hydrogens (tertiary/aromatic N) is 3. The van der Waals surface area contributed by atoms with Crippen LogP contribution in [0.4, 0.5) is 0 Å². The van der Waals surface area contributed by atoms with Crippen LogP contribution in [0, 0.1) is 0 Å². The van der Waals surface area contributed by atoms with Crippen LogP contribution >= 0.6 is 47.8 Å². The van der Waals surface area contributed by atoms with E-state index in [1.165, 1.54) is 40.9 Å². The number of hydrogen-bond acceptors (Lipinski definition) is 6. The van der Waals surface area contributed by atoms with E-state index in [9.17, 15) is 9.59 Å². The van der Waals surface area contributed by atoms with Gasteiger partial charge in [0.25, 0.3) is 0 Å². The highest BCUT2D eigenvalue weighted by atomic mass is 79.9. The highest BCUT2D eigenvalue weighted by molar-refractivity contribution is 9.11. The van der Waals surface area contributed by atoms with Gasteiger partial charge in [0.2, 0.25) is 0 Å². The largest absolute Gasteiger partial charge is 0.465 e. The number of para-hydroxylation sites is 1. The highest BCUT2D eigenvalue weighted by Gasteiger charge is 2.20. The molecule has 8 rings (SSSR count). The lowest BCUT2D eigenvalue weighted by Crippen LogP contribution is -2.09. The predicted molar refractivity (Wildman–Crippen MR) is 203 cm³/mol. The number of benzene rings is 4. The molecule has 1 aliphatic carbocycles. The summed E-state index contributed by atoms with van der Waals surface area (Å²) in [4.78, 5) is 31.5. The molecule has 0 saturated carbocycles. The predicted octanol–water partition coefficient (Wildman–Crippen LogP) is 10.4. The van der Waals surface area contributed by atoms with E-state index in [0.717, 1.165) is 32.7 Å². The van der Waals surface area contributed by atoms with Gasteiger partial charge in [-0.3, -0.25) is 4.57 Å². The molecule has 244 valence electrons. The minimum Gasteiger partial charge on any atom is -0.465 e. The Morgan fingerprint density at radius 3 is 2.00 bits per heavy atom. The van der Waals surface area contributed by atoms with Crippen LogP contribution in [-0.2, 0) is 15.9 Å². The summed E-state index contributed by atoms with van der Waals surface area (Å²) in [5, 5.41) is 2.22. The fourth-order valence-electron chi connectivity index (χ4n) is 5.78. The average molecular weight is 842 g/mol. The van der Waals surface area contributed by atoms with Crippen LogP contribution in [0.2, 0.25) is 0 Å². The molecule has 7 nitrogen and oxygen atoms in total. The Hall–Kier alpha value is -4.64. The Bertz CT molecular complexity index is 2340. The number of fused-ring (bicyclic) bond motifs is 6. The van der Waals surface area contributed by atoms with Crippen molar-refractivity contribution in [3.8, 4) is 16.9 Å². The van der Waals surface area contributed by atoms with Crippen LogP contribution in [0.25, 0.3) is 38.8 Å². The zero-order valence-electron chi connectivity index (χ0n) is 26.4. The second-order valence-corrected chi connectivity index (χ2v) is 13.4. The van der Waals surface area contributed by atoms with Crippen molar-refractivity contribution in [2.24, 2.45) is 0 Å². The molecule has 3 aromatic heterocycles. The van der Waals surface area contributed by atoms with Crippen molar-refractivity contribution in [1.82, 2.24) is 14.5 Å². The fraction of sp³-hybridized carbons (Fsp3) is 0.0769. The van der Waals surface area contributed by atoms with Crippen molar-refractivity contribution in [1.29, 1.82) is 0 Å². The van der Waals surface area contributed by atoms with Crippen molar-refractivity contribution in [3.05, 3.63) is 157 Å². The minimum atomic E-state index is -0.404. The summed E-state index contributed by atoms with van der Waals surface area (Å²) < 4.78 is 14.1. The molecule has 1 aliphatic rings. The molecule has 3 heterocycles. The zero-order chi connectivity index (χ0) is 34.5. The molecular formula is C39H28Br3N3O4. The van der Waals surface area contributed by atoms with E-state index in [4.69, 9.17) is 4.74 Å². The number of aromatic nitrogens is 3. The third kappa shape index (κ3) is 7.22. The van der Waals surface area contributed by atoms with Crippen LogP contribution in [0.3, 0.4) is 0 Å². The lowest BCUT2D eigenvalue weighted by atomic mass is 10.1. The van der Waals surface area contributed by atoms with E-state index < -0.39 is 5.97 Å². The summed E-state index contributed by atoms with van der Waals surface area (Å²) >= 11 is 10.2. The molecule has 0 N–H and O–H groups in total. The van der Waals surface area contributed by atoms with Gasteiger partial charge in [-0.05, 0) is 99.2 Å². The first kappa shape index (κ1) is 34.2. The number of methoxy groups -OCH3 is 2. The molecule has 0 atom stereocenters. The number of ether oxygens (including phenoxy) is 2. The molecule has 49 heavy (non-hydrogen) atoms. The van der Waals surface area contributed by atoms with E-state index in [1.807, 2.05) is 34.9 Å². The second kappa shape index (κ2) is 15.3. The number of carbonyl (C=O) groups is 2. The van der Waals surface area contributed by atoms with Crippen LogP contribution in [0.1, 0.15) is 31.8 Å². The first-order chi connectivity index (χ1) is 23.8.